The van der Waals surface area contributed by atoms with Crippen LogP contribution < -0.4 is 15.4 Å². The Morgan fingerprint density at radius 3 is 3.00 bits per heavy atom. The number of carbonyl (C=O) groups is 2. The molecule has 5 nitrogen and oxygen atoms in total. The first-order chi connectivity index (χ1) is 8.56. The van der Waals surface area contributed by atoms with Crippen molar-refractivity contribution < 1.29 is 14.3 Å². The molecule has 18 heavy (non-hydrogen) atoms. The molecule has 0 aliphatic carbocycles. The second kappa shape index (κ2) is 5.08. The third-order valence-electron chi connectivity index (χ3n) is 2.52. The van der Waals surface area contributed by atoms with Crippen LogP contribution in [0.15, 0.2) is 18.2 Å². The Kier molecular flexibility index (Phi) is 3.50. The molecule has 1 aliphatic rings. The van der Waals surface area contributed by atoms with Gasteiger partial charge in [-0.1, -0.05) is 19.9 Å². The van der Waals surface area contributed by atoms with E-state index in [-0.39, 0.29) is 24.3 Å². The van der Waals surface area contributed by atoms with Gasteiger partial charge in [0.2, 0.25) is 5.91 Å². The highest BCUT2D eigenvalue weighted by Crippen LogP contribution is 2.34. The summed E-state index contributed by atoms with van der Waals surface area (Å²) in [5.41, 5.74) is 1.11. The molecule has 0 saturated heterocycles. The Bertz CT molecular complexity index is 483. The minimum atomic E-state index is -0.215. The monoisotopic (exact) mass is 248 g/mol. The number of hydrogen-bond acceptors (Lipinski definition) is 3. The lowest BCUT2D eigenvalue weighted by molar-refractivity contribution is -0.119. The Morgan fingerprint density at radius 1 is 1.50 bits per heavy atom. The molecular formula is C13H16N2O3. The fourth-order valence-electron chi connectivity index (χ4n) is 1.78. The van der Waals surface area contributed by atoms with Gasteiger partial charge in [0.05, 0.1) is 5.69 Å². The van der Waals surface area contributed by atoms with Crippen molar-refractivity contribution in [3.8, 4) is 5.75 Å². The number of hydrogen-bond donors (Lipinski definition) is 2. The van der Waals surface area contributed by atoms with E-state index in [1.54, 1.807) is 18.2 Å². The second-order valence-electron chi connectivity index (χ2n) is 4.66. The van der Waals surface area contributed by atoms with E-state index in [4.69, 9.17) is 4.74 Å². The largest absolute Gasteiger partial charge is 0.481 e. The molecule has 0 radical (unpaired) electrons. The Labute approximate surface area is 106 Å². The van der Waals surface area contributed by atoms with Gasteiger partial charge in [0, 0.05) is 6.42 Å². The number of amides is 2. The second-order valence-corrected chi connectivity index (χ2v) is 4.66. The van der Waals surface area contributed by atoms with Gasteiger partial charge in [-0.3, -0.25) is 9.59 Å². The molecule has 0 fully saturated rings. The van der Waals surface area contributed by atoms with E-state index in [0.717, 1.165) is 0 Å². The third kappa shape index (κ3) is 2.80. The zero-order chi connectivity index (χ0) is 13.1. The van der Waals surface area contributed by atoms with Gasteiger partial charge >= 0.3 is 0 Å². The Balaban J connectivity index is 2.18. The third-order valence-corrected chi connectivity index (χ3v) is 2.52. The fraction of sp³-hybridized carbons (Fsp3) is 0.385. The molecule has 1 aromatic rings. The van der Waals surface area contributed by atoms with Crippen LogP contribution in [-0.2, 0) is 9.59 Å². The van der Waals surface area contributed by atoms with Gasteiger partial charge in [0.1, 0.15) is 11.4 Å². The summed E-state index contributed by atoms with van der Waals surface area (Å²) in [6.07, 6.45) is 0.443. The van der Waals surface area contributed by atoms with Crippen LogP contribution in [0.5, 0.6) is 5.75 Å². The molecule has 0 saturated carbocycles. The van der Waals surface area contributed by atoms with E-state index in [1.807, 2.05) is 13.8 Å². The molecule has 0 bridgehead atoms. The van der Waals surface area contributed by atoms with E-state index in [1.165, 1.54) is 0 Å². The zero-order valence-corrected chi connectivity index (χ0v) is 10.4. The van der Waals surface area contributed by atoms with Crippen LogP contribution in [0, 0.1) is 5.92 Å². The topological polar surface area (TPSA) is 67.4 Å². The van der Waals surface area contributed by atoms with Gasteiger partial charge in [-0.2, -0.15) is 0 Å². The average Bonchev–Trinajstić information content (AvgIpc) is 2.28. The lowest BCUT2D eigenvalue weighted by atomic mass is 10.1. The van der Waals surface area contributed by atoms with Crippen molar-refractivity contribution in [3.63, 3.8) is 0 Å². The fourth-order valence-corrected chi connectivity index (χ4v) is 1.78. The predicted molar refractivity (Wildman–Crippen MR) is 68.7 cm³/mol. The molecule has 1 aliphatic heterocycles. The van der Waals surface area contributed by atoms with E-state index in [0.29, 0.717) is 23.5 Å². The van der Waals surface area contributed by atoms with Crippen LogP contribution in [0.2, 0.25) is 0 Å². The first-order valence-electron chi connectivity index (χ1n) is 5.92. The van der Waals surface area contributed by atoms with Crippen molar-refractivity contribution in [2.24, 2.45) is 5.92 Å². The normalized spacial score (nSPS) is 13.6. The molecule has 0 aromatic heterocycles. The molecule has 2 amide bonds. The number of ether oxygens (including phenoxy) is 1. The first-order valence-corrected chi connectivity index (χ1v) is 5.92. The standard InChI is InChI=1S/C13H16N2O3/c1-8(2)6-11(16)14-9-4-3-5-10-13(9)15-12(17)7-18-10/h3-5,8H,6-7H2,1-2H3,(H,14,16)(H,15,17). The van der Waals surface area contributed by atoms with Crippen LogP contribution in [-0.4, -0.2) is 18.4 Å². The summed E-state index contributed by atoms with van der Waals surface area (Å²) in [4.78, 5) is 23.0. The lowest BCUT2D eigenvalue weighted by Crippen LogP contribution is -2.26. The van der Waals surface area contributed by atoms with E-state index in [2.05, 4.69) is 10.6 Å². The molecule has 0 atom stereocenters. The van der Waals surface area contributed by atoms with Crippen molar-refractivity contribution >= 4 is 23.2 Å². The summed E-state index contributed by atoms with van der Waals surface area (Å²) in [6.45, 7) is 3.96. The molecule has 1 heterocycles. The Hall–Kier alpha value is -2.04. The maximum atomic E-state index is 11.7. The van der Waals surface area contributed by atoms with Crippen LogP contribution in [0.4, 0.5) is 11.4 Å². The minimum Gasteiger partial charge on any atom is -0.481 e. The van der Waals surface area contributed by atoms with Crippen LogP contribution >= 0.6 is 0 Å². The quantitative estimate of drug-likeness (QED) is 0.859. The molecule has 0 spiro atoms. The number of benzene rings is 1. The molecule has 0 unspecified atom stereocenters. The number of carbonyl (C=O) groups excluding carboxylic acids is 2. The molecular weight excluding hydrogens is 232 g/mol. The summed E-state index contributed by atoms with van der Waals surface area (Å²) >= 11 is 0. The predicted octanol–water partition coefficient (Wildman–Crippen LogP) is 2.00. The lowest BCUT2D eigenvalue weighted by Gasteiger charge is -2.21. The van der Waals surface area contributed by atoms with Gasteiger partial charge in [-0.15, -0.1) is 0 Å². The van der Waals surface area contributed by atoms with Gasteiger partial charge in [-0.25, -0.2) is 0 Å². The smallest absolute Gasteiger partial charge is 0.262 e. The van der Waals surface area contributed by atoms with Crippen molar-refractivity contribution in [1.82, 2.24) is 0 Å². The minimum absolute atomic E-state index is 0.0103. The van der Waals surface area contributed by atoms with Gasteiger partial charge < -0.3 is 15.4 Å². The SMILES string of the molecule is CC(C)CC(=O)Nc1cccc2c1NC(=O)CO2. The molecule has 2 rings (SSSR count). The number of para-hydroxylation sites is 1. The van der Waals surface area contributed by atoms with Crippen molar-refractivity contribution in [2.75, 3.05) is 17.2 Å². The summed E-state index contributed by atoms with van der Waals surface area (Å²) in [6, 6.07) is 5.28. The Morgan fingerprint density at radius 2 is 2.28 bits per heavy atom. The van der Waals surface area contributed by atoms with Crippen LogP contribution in [0.1, 0.15) is 20.3 Å². The first kappa shape index (κ1) is 12.4. The molecule has 1 aromatic carbocycles. The summed E-state index contributed by atoms with van der Waals surface area (Å²) in [5, 5.41) is 5.50. The number of rotatable bonds is 3. The molecule has 96 valence electrons. The number of fused-ring (bicyclic) bond motifs is 1. The van der Waals surface area contributed by atoms with Gasteiger partial charge in [-0.05, 0) is 18.1 Å². The number of anilines is 2. The van der Waals surface area contributed by atoms with Gasteiger partial charge in [0.15, 0.2) is 6.61 Å². The maximum absolute atomic E-state index is 11.7. The van der Waals surface area contributed by atoms with E-state index >= 15 is 0 Å². The average molecular weight is 248 g/mol. The van der Waals surface area contributed by atoms with Crippen LogP contribution in [0.25, 0.3) is 0 Å². The summed E-state index contributed by atoms with van der Waals surface area (Å²) in [5.74, 6) is 0.582. The van der Waals surface area contributed by atoms with Gasteiger partial charge in [0.25, 0.3) is 5.91 Å². The molecule has 5 heteroatoms. The van der Waals surface area contributed by atoms with Crippen molar-refractivity contribution in [1.29, 1.82) is 0 Å². The number of nitrogens with one attached hydrogen (secondary N) is 2. The van der Waals surface area contributed by atoms with E-state index < -0.39 is 0 Å². The summed E-state index contributed by atoms with van der Waals surface area (Å²) in [7, 11) is 0. The zero-order valence-electron chi connectivity index (χ0n) is 10.4. The summed E-state index contributed by atoms with van der Waals surface area (Å²) < 4.78 is 5.28. The highest BCUT2D eigenvalue weighted by Gasteiger charge is 2.19. The van der Waals surface area contributed by atoms with Crippen molar-refractivity contribution in [3.05, 3.63) is 18.2 Å². The van der Waals surface area contributed by atoms with Crippen LogP contribution in [0.3, 0.4) is 0 Å². The highest BCUT2D eigenvalue weighted by atomic mass is 16.5. The highest BCUT2D eigenvalue weighted by molar-refractivity contribution is 6.03. The maximum Gasteiger partial charge on any atom is 0.262 e. The molecule has 2 N–H and O–H groups in total. The van der Waals surface area contributed by atoms with Crippen molar-refractivity contribution in [2.45, 2.75) is 20.3 Å². The van der Waals surface area contributed by atoms with E-state index in [9.17, 15) is 9.59 Å².